The van der Waals surface area contributed by atoms with E-state index in [0.29, 0.717) is 18.1 Å². The van der Waals surface area contributed by atoms with E-state index < -0.39 is 8.32 Å². The van der Waals surface area contributed by atoms with Crippen molar-refractivity contribution in [2.24, 2.45) is 28.6 Å². The largest absolute Gasteiger partial charge is 0.547 e. The molecule has 0 heterocycles. The molecule has 0 N–H and O–H groups in total. The van der Waals surface area contributed by atoms with Gasteiger partial charge in [-0.2, -0.15) is 0 Å². The molecule has 5 atom stereocenters. The summed E-state index contributed by atoms with van der Waals surface area (Å²) in [6.07, 6.45) is 6.45. The Labute approximate surface area is 197 Å². The number of hydrogen-bond donors (Lipinski definition) is 0. The third kappa shape index (κ3) is 4.42. The average Bonchev–Trinajstić information content (AvgIpc) is 2.66. The standard InChI is InChI=1S/C27H46O4Si/c1-18-20-16-21-23(31-32(9,10)25(2,3)4)12-11-19(26(21,5)6)15-24(28)27(20,7)14-13-22(18)30-17-29-8/h12,19-22H,1,11,13-17H2,2-10H3/t19-,20-,21-,22+,27-/m1/s1. The Morgan fingerprint density at radius 2 is 1.84 bits per heavy atom. The van der Waals surface area contributed by atoms with Crippen LogP contribution in [0.4, 0.5) is 0 Å². The van der Waals surface area contributed by atoms with Gasteiger partial charge < -0.3 is 13.9 Å². The third-order valence-electron chi connectivity index (χ3n) is 9.56. The van der Waals surface area contributed by atoms with Crippen molar-refractivity contribution < 1.29 is 18.7 Å². The number of carbonyl (C=O) groups excluding carboxylic acids is 1. The fourth-order valence-electron chi connectivity index (χ4n) is 5.88. The van der Waals surface area contributed by atoms with Crippen molar-refractivity contribution in [3.63, 3.8) is 0 Å². The highest BCUT2D eigenvalue weighted by atomic mass is 28.4. The Kier molecular flexibility index (Phi) is 6.99. The summed E-state index contributed by atoms with van der Waals surface area (Å²) >= 11 is 0. The quantitative estimate of drug-likeness (QED) is 0.254. The second-order valence-corrected chi connectivity index (χ2v) is 17.5. The molecule has 0 aromatic heterocycles. The van der Waals surface area contributed by atoms with E-state index in [2.05, 4.69) is 67.3 Å². The Bertz CT molecular complexity index is 775. The fourth-order valence-corrected chi connectivity index (χ4v) is 7.01. The van der Waals surface area contributed by atoms with Crippen molar-refractivity contribution in [2.75, 3.05) is 13.9 Å². The van der Waals surface area contributed by atoms with Crippen LogP contribution in [0.15, 0.2) is 24.0 Å². The van der Waals surface area contributed by atoms with Crippen LogP contribution < -0.4 is 0 Å². The van der Waals surface area contributed by atoms with Crippen LogP contribution in [0.5, 0.6) is 0 Å². The molecule has 0 aromatic carbocycles. The molecule has 3 aliphatic rings. The number of methoxy groups -OCH3 is 1. The van der Waals surface area contributed by atoms with Crippen molar-refractivity contribution in [3.8, 4) is 0 Å². The first-order valence-corrected chi connectivity index (χ1v) is 15.3. The number of rotatable bonds is 5. The molecule has 182 valence electrons. The number of ketones is 1. The second kappa shape index (κ2) is 8.70. The predicted molar refractivity (Wildman–Crippen MR) is 133 cm³/mol. The minimum Gasteiger partial charge on any atom is -0.547 e. The number of hydrogen-bond acceptors (Lipinski definition) is 4. The Balaban J connectivity index is 2.00. The lowest BCUT2D eigenvalue weighted by Crippen LogP contribution is -2.52. The topological polar surface area (TPSA) is 44.8 Å². The van der Waals surface area contributed by atoms with Crippen molar-refractivity contribution in [1.82, 2.24) is 0 Å². The monoisotopic (exact) mass is 462 g/mol. The summed E-state index contributed by atoms with van der Waals surface area (Å²) in [5, 5.41) is 0.147. The summed E-state index contributed by atoms with van der Waals surface area (Å²) in [7, 11) is -0.315. The van der Waals surface area contributed by atoms with Crippen molar-refractivity contribution >= 4 is 14.1 Å². The van der Waals surface area contributed by atoms with Gasteiger partial charge >= 0.3 is 0 Å². The van der Waals surface area contributed by atoms with E-state index in [0.717, 1.165) is 31.3 Å². The van der Waals surface area contributed by atoms with Gasteiger partial charge in [0.2, 0.25) is 8.32 Å². The molecule has 3 rings (SSSR count). The van der Waals surface area contributed by atoms with Crippen molar-refractivity contribution in [2.45, 2.75) is 97.9 Å². The van der Waals surface area contributed by atoms with E-state index in [1.807, 2.05) is 0 Å². The van der Waals surface area contributed by atoms with E-state index >= 15 is 0 Å². The molecular formula is C27H46O4Si. The van der Waals surface area contributed by atoms with E-state index in [-0.39, 0.29) is 40.6 Å². The van der Waals surface area contributed by atoms with E-state index in [1.54, 1.807) is 7.11 Å². The maximum atomic E-state index is 13.7. The molecular weight excluding hydrogens is 416 g/mol. The summed E-state index contributed by atoms with van der Waals surface area (Å²) < 4.78 is 18.1. The van der Waals surface area contributed by atoms with Crippen molar-refractivity contribution in [3.05, 3.63) is 24.0 Å². The summed E-state index contributed by atoms with van der Waals surface area (Å²) in [6.45, 7) is 23.2. The maximum absolute atomic E-state index is 13.7. The molecule has 0 aromatic rings. The molecule has 0 saturated heterocycles. The normalized spacial score (nSPS) is 35.5. The lowest BCUT2D eigenvalue weighted by molar-refractivity contribution is -0.141. The molecule has 3 aliphatic carbocycles. The first-order chi connectivity index (χ1) is 14.6. The minimum atomic E-state index is -1.96. The van der Waals surface area contributed by atoms with Gasteiger partial charge in [-0.15, -0.1) is 0 Å². The summed E-state index contributed by atoms with van der Waals surface area (Å²) in [6, 6.07) is 0. The zero-order valence-electron chi connectivity index (χ0n) is 22.0. The Hall–Kier alpha value is -0.913. The summed E-state index contributed by atoms with van der Waals surface area (Å²) in [5.74, 6) is 2.32. The number of carbonyl (C=O) groups is 1. The maximum Gasteiger partial charge on any atom is 0.250 e. The van der Waals surface area contributed by atoms with Gasteiger partial charge in [-0.1, -0.05) is 48.1 Å². The number of ether oxygens (including phenoxy) is 2. The van der Waals surface area contributed by atoms with Gasteiger partial charge in [0.15, 0.2) is 0 Å². The van der Waals surface area contributed by atoms with E-state index in [4.69, 9.17) is 13.9 Å². The van der Waals surface area contributed by atoms with Gasteiger partial charge in [0, 0.05) is 24.9 Å². The number of fused-ring (bicyclic) bond motifs is 3. The lowest BCUT2D eigenvalue weighted by Gasteiger charge is -2.55. The fraction of sp³-hybridized carbons (Fsp3) is 0.815. The van der Waals surface area contributed by atoms with Gasteiger partial charge in [-0.25, -0.2) is 0 Å². The van der Waals surface area contributed by atoms with Gasteiger partial charge in [0.1, 0.15) is 12.6 Å². The second-order valence-electron chi connectivity index (χ2n) is 12.8. The van der Waals surface area contributed by atoms with Gasteiger partial charge in [-0.05, 0) is 72.7 Å². The molecule has 2 saturated carbocycles. The number of Topliss-reactive ketones (excluding diaryl/α,β-unsaturated/α-hetero) is 1. The van der Waals surface area contributed by atoms with E-state index in [9.17, 15) is 4.79 Å². The first-order valence-electron chi connectivity index (χ1n) is 12.4. The van der Waals surface area contributed by atoms with E-state index in [1.165, 1.54) is 5.76 Å². The highest BCUT2D eigenvalue weighted by molar-refractivity contribution is 6.74. The third-order valence-corrected chi connectivity index (χ3v) is 13.9. The molecule has 0 aliphatic heterocycles. The van der Waals surface area contributed by atoms with Crippen LogP contribution in [0.2, 0.25) is 18.1 Å². The average molecular weight is 463 g/mol. The van der Waals surface area contributed by atoms with Gasteiger partial charge in [-0.3, -0.25) is 4.79 Å². The lowest BCUT2D eigenvalue weighted by atomic mass is 9.51. The molecule has 32 heavy (non-hydrogen) atoms. The van der Waals surface area contributed by atoms with Crippen LogP contribution in [0.25, 0.3) is 0 Å². The van der Waals surface area contributed by atoms with Crippen LogP contribution in [-0.2, 0) is 18.7 Å². The molecule has 2 bridgehead atoms. The van der Waals surface area contributed by atoms with Crippen LogP contribution in [0.3, 0.4) is 0 Å². The minimum absolute atomic E-state index is 0.00402. The van der Waals surface area contributed by atoms with Crippen molar-refractivity contribution in [1.29, 1.82) is 0 Å². The van der Waals surface area contributed by atoms with Crippen LogP contribution in [-0.4, -0.2) is 34.1 Å². The van der Waals surface area contributed by atoms with Gasteiger partial charge in [0.25, 0.3) is 0 Å². The van der Waals surface area contributed by atoms with Crippen LogP contribution >= 0.6 is 0 Å². The Morgan fingerprint density at radius 1 is 1.19 bits per heavy atom. The number of allylic oxidation sites excluding steroid dienone is 2. The summed E-state index contributed by atoms with van der Waals surface area (Å²) in [4.78, 5) is 13.7. The molecule has 0 amide bonds. The Morgan fingerprint density at radius 3 is 2.44 bits per heavy atom. The smallest absolute Gasteiger partial charge is 0.250 e. The van der Waals surface area contributed by atoms with Crippen LogP contribution in [0, 0.1) is 28.6 Å². The summed E-state index contributed by atoms with van der Waals surface area (Å²) in [5.41, 5.74) is 0.705. The molecule has 4 nitrogen and oxygen atoms in total. The molecule has 0 radical (unpaired) electrons. The van der Waals surface area contributed by atoms with Gasteiger partial charge in [0.05, 0.1) is 11.9 Å². The highest BCUT2D eigenvalue weighted by Gasteiger charge is 2.55. The zero-order chi connectivity index (χ0) is 24.1. The zero-order valence-corrected chi connectivity index (χ0v) is 23.0. The predicted octanol–water partition coefficient (Wildman–Crippen LogP) is 6.88. The SMILES string of the molecule is C=C1[C@@H](OCOC)CC[C@@]2(C)C(=O)C[C@H]3CC=C(O[Si](C)(C)C(C)(C)C)[C@@H](C[C@H]12)C3(C)C. The first kappa shape index (κ1) is 25.7. The molecule has 0 spiro atoms. The molecule has 5 heteroatoms. The van der Waals surface area contributed by atoms with Crippen LogP contribution in [0.1, 0.15) is 73.6 Å². The molecule has 0 unspecified atom stereocenters. The highest BCUT2D eigenvalue weighted by Crippen LogP contribution is 2.59. The molecule has 2 fully saturated rings.